The highest BCUT2D eigenvalue weighted by Gasteiger charge is 2.58. The smallest absolute Gasteiger partial charge is 0.0883 e. The normalized spacial score (nSPS) is 53.7. The van der Waals surface area contributed by atoms with Gasteiger partial charge in [-0.1, -0.05) is 26.7 Å². The van der Waals surface area contributed by atoms with Crippen molar-refractivity contribution >= 4 is 0 Å². The first-order chi connectivity index (χ1) is 12.4. The van der Waals surface area contributed by atoms with Gasteiger partial charge in [0.15, 0.2) is 0 Å². The van der Waals surface area contributed by atoms with Gasteiger partial charge in [-0.05, 0) is 106 Å². The van der Waals surface area contributed by atoms with Crippen LogP contribution in [-0.2, 0) is 4.74 Å². The van der Waals surface area contributed by atoms with Crippen LogP contribution >= 0.6 is 0 Å². The van der Waals surface area contributed by atoms with Gasteiger partial charge in [0.1, 0.15) is 0 Å². The summed E-state index contributed by atoms with van der Waals surface area (Å²) in [6.07, 6.45) is 13.6. The Balaban J connectivity index is 1.53. The molecule has 4 fully saturated rings. The van der Waals surface area contributed by atoms with Crippen LogP contribution in [0.15, 0.2) is 0 Å². The summed E-state index contributed by atoms with van der Waals surface area (Å²) in [5, 5.41) is 11.0. The molecule has 26 heavy (non-hydrogen) atoms. The highest BCUT2D eigenvalue weighted by atomic mass is 16.5. The molecule has 0 heterocycles. The summed E-state index contributed by atoms with van der Waals surface area (Å²) < 4.78 is 6.03. The quantitative estimate of drug-likeness (QED) is 0.682. The first-order valence-electron chi connectivity index (χ1n) is 11.7. The minimum atomic E-state index is -0.618. The Hall–Kier alpha value is -0.0800. The van der Waals surface area contributed by atoms with E-state index in [2.05, 4.69) is 20.8 Å². The van der Waals surface area contributed by atoms with Gasteiger partial charge in [0.2, 0.25) is 0 Å². The molecule has 2 nitrogen and oxygen atoms in total. The largest absolute Gasteiger partial charge is 0.387 e. The van der Waals surface area contributed by atoms with Gasteiger partial charge in [0, 0.05) is 6.61 Å². The van der Waals surface area contributed by atoms with E-state index in [0.717, 1.165) is 55.0 Å². The lowest BCUT2D eigenvalue weighted by Crippen LogP contribution is -2.55. The fraction of sp³-hybridized carbons (Fsp3) is 1.00. The molecule has 9 atom stereocenters. The molecule has 0 aliphatic heterocycles. The molecule has 0 radical (unpaired) electrons. The summed E-state index contributed by atoms with van der Waals surface area (Å²) in [6, 6.07) is 0. The molecule has 0 bridgehead atoms. The summed E-state index contributed by atoms with van der Waals surface area (Å²) in [5.41, 5.74) is 0.0102. The molecule has 4 aliphatic carbocycles. The second-order valence-electron chi connectivity index (χ2n) is 10.8. The van der Waals surface area contributed by atoms with E-state index in [1.54, 1.807) is 0 Å². The van der Waals surface area contributed by atoms with E-state index in [4.69, 9.17) is 4.74 Å². The van der Waals surface area contributed by atoms with Crippen LogP contribution in [0.2, 0.25) is 0 Å². The molecule has 0 saturated heterocycles. The van der Waals surface area contributed by atoms with Crippen LogP contribution in [0.4, 0.5) is 0 Å². The molecule has 0 spiro atoms. The van der Waals surface area contributed by atoms with Gasteiger partial charge in [-0.3, -0.25) is 0 Å². The number of hydrogen-bond acceptors (Lipinski definition) is 2. The maximum Gasteiger partial charge on any atom is 0.0883 e. The summed E-state index contributed by atoms with van der Waals surface area (Å²) in [7, 11) is 0. The molecule has 4 aliphatic rings. The van der Waals surface area contributed by atoms with Crippen LogP contribution in [0.5, 0.6) is 0 Å². The zero-order valence-electron chi connectivity index (χ0n) is 17.7. The van der Waals surface area contributed by atoms with E-state index in [-0.39, 0.29) is 6.10 Å². The Labute approximate surface area is 161 Å². The molecular weight excluding hydrogens is 320 g/mol. The van der Waals surface area contributed by atoms with E-state index < -0.39 is 5.60 Å². The molecule has 150 valence electrons. The molecule has 1 N–H and O–H groups in total. The van der Waals surface area contributed by atoms with Crippen LogP contribution < -0.4 is 0 Å². The lowest BCUT2D eigenvalue weighted by atomic mass is 9.48. The van der Waals surface area contributed by atoms with E-state index in [0.29, 0.717) is 5.41 Å². The number of hydrogen-bond donors (Lipinski definition) is 1. The van der Waals surface area contributed by atoms with Crippen molar-refractivity contribution < 1.29 is 9.84 Å². The molecule has 4 rings (SSSR count). The van der Waals surface area contributed by atoms with E-state index in [9.17, 15) is 5.11 Å². The third kappa shape index (κ3) is 2.98. The van der Waals surface area contributed by atoms with Gasteiger partial charge < -0.3 is 9.84 Å². The van der Waals surface area contributed by atoms with E-state index in [1.165, 1.54) is 51.4 Å². The average molecular weight is 363 g/mol. The Morgan fingerprint density at radius 2 is 1.77 bits per heavy atom. The molecule has 4 saturated carbocycles. The van der Waals surface area contributed by atoms with Crippen LogP contribution in [0, 0.1) is 40.9 Å². The lowest BCUT2D eigenvalue weighted by molar-refractivity contribution is -0.171. The number of rotatable bonds is 4. The summed E-state index contributed by atoms with van der Waals surface area (Å²) in [4.78, 5) is 0. The van der Waals surface area contributed by atoms with Crippen LogP contribution in [0.25, 0.3) is 0 Å². The second kappa shape index (κ2) is 7.07. The van der Waals surface area contributed by atoms with Gasteiger partial charge in [-0.25, -0.2) is 0 Å². The first kappa shape index (κ1) is 19.2. The van der Waals surface area contributed by atoms with Crippen LogP contribution in [-0.4, -0.2) is 23.4 Å². The fourth-order valence-electron chi connectivity index (χ4n) is 8.40. The van der Waals surface area contributed by atoms with Gasteiger partial charge >= 0.3 is 0 Å². The maximum absolute atomic E-state index is 11.0. The van der Waals surface area contributed by atoms with Gasteiger partial charge in [0.05, 0.1) is 11.7 Å². The standard InChI is InChI=1S/C24H42O2/c1-5-7-17-9-11-21-19-10-8-16-15-24(4,25)22(26-6-2)14-20(16)18(19)12-13-23(17,21)3/h16-22,25H,5-15H2,1-4H3/t16-,17-,18-,19+,20-,21-,22-,23+,24-/m0/s1. The summed E-state index contributed by atoms with van der Waals surface area (Å²) in [5.74, 6) is 5.38. The summed E-state index contributed by atoms with van der Waals surface area (Å²) in [6.45, 7) is 9.85. The van der Waals surface area contributed by atoms with Crippen molar-refractivity contribution in [3.8, 4) is 0 Å². The summed E-state index contributed by atoms with van der Waals surface area (Å²) >= 11 is 0. The highest BCUT2D eigenvalue weighted by Crippen LogP contribution is 2.65. The van der Waals surface area contributed by atoms with Gasteiger partial charge in [0.25, 0.3) is 0 Å². The van der Waals surface area contributed by atoms with Crippen molar-refractivity contribution in [2.24, 2.45) is 40.9 Å². The number of aliphatic hydroxyl groups is 1. The maximum atomic E-state index is 11.0. The lowest BCUT2D eigenvalue weighted by Gasteiger charge is -2.58. The van der Waals surface area contributed by atoms with Crippen molar-refractivity contribution in [3.63, 3.8) is 0 Å². The second-order valence-corrected chi connectivity index (χ2v) is 10.8. The molecule has 0 aromatic carbocycles. The minimum Gasteiger partial charge on any atom is -0.387 e. The van der Waals surface area contributed by atoms with E-state index in [1.807, 2.05) is 6.92 Å². The molecule has 0 aromatic rings. The minimum absolute atomic E-state index is 0.0530. The molecule has 2 heteroatoms. The van der Waals surface area contributed by atoms with Crippen molar-refractivity contribution in [1.29, 1.82) is 0 Å². The monoisotopic (exact) mass is 362 g/mol. The van der Waals surface area contributed by atoms with E-state index >= 15 is 0 Å². The third-order valence-electron chi connectivity index (χ3n) is 9.58. The zero-order chi connectivity index (χ0) is 18.5. The van der Waals surface area contributed by atoms with Gasteiger partial charge in [-0.2, -0.15) is 0 Å². The zero-order valence-corrected chi connectivity index (χ0v) is 17.7. The number of ether oxygens (including phenoxy) is 1. The van der Waals surface area contributed by atoms with Crippen molar-refractivity contribution in [2.45, 2.75) is 104 Å². The van der Waals surface area contributed by atoms with Crippen molar-refractivity contribution in [2.75, 3.05) is 6.61 Å². The Morgan fingerprint density at radius 3 is 2.50 bits per heavy atom. The molecule has 0 amide bonds. The Bertz CT molecular complexity index is 500. The average Bonchev–Trinajstić information content (AvgIpc) is 2.92. The SMILES string of the molecule is CCC[C@H]1CC[C@H]2[C@@H]3CC[C@H]4C[C@](C)(O)[C@@H](OCC)C[C@@H]4[C@H]3CC[C@]12C. The molecular formula is C24H42O2. The highest BCUT2D eigenvalue weighted by molar-refractivity contribution is 5.07. The van der Waals surface area contributed by atoms with Crippen LogP contribution in [0.1, 0.15) is 91.9 Å². The molecule has 0 unspecified atom stereocenters. The van der Waals surface area contributed by atoms with Crippen LogP contribution in [0.3, 0.4) is 0 Å². The van der Waals surface area contributed by atoms with Crippen molar-refractivity contribution in [3.05, 3.63) is 0 Å². The Morgan fingerprint density at radius 1 is 0.962 bits per heavy atom. The molecule has 0 aromatic heterocycles. The number of fused-ring (bicyclic) bond motifs is 5. The fourth-order valence-corrected chi connectivity index (χ4v) is 8.40. The first-order valence-corrected chi connectivity index (χ1v) is 11.7. The predicted molar refractivity (Wildman–Crippen MR) is 107 cm³/mol. The van der Waals surface area contributed by atoms with Gasteiger partial charge in [-0.15, -0.1) is 0 Å². The van der Waals surface area contributed by atoms with Crippen molar-refractivity contribution in [1.82, 2.24) is 0 Å². The Kier molecular flexibility index (Phi) is 5.23. The third-order valence-corrected chi connectivity index (χ3v) is 9.58. The topological polar surface area (TPSA) is 29.5 Å². The predicted octanol–water partition coefficient (Wildman–Crippen LogP) is 5.82.